The molecule has 1 unspecified atom stereocenters. The number of nitrogens with zero attached hydrogens (tertiary/aromatic N) is 1. The highest BCUT2D eigenvalue weighted by atomic mass is 16.5. The molecule has 0 radical (unpaired) electrons. The van der Waals surface area contributed by atoms with Crippen molar-refractivity contribution in [3.8, 4) is 5.75 Å². The molecule has 1 fully saturated rings. The fourth-order valence-electron chi connectivity index (χ4n) is 2.17. The van der Waals surface area contributed by atoms with E-state index in [2.05, 4.69) is 4.90 Å². The van der Waals surface area contributed by atoms with Crippen molar-refractivity contribution in [3.05, 3.63) is 29.8 Å². The van der Waals surface area contributed by atoms with Gasteiger partial charge in [-0.3, -0.25) is 4.90 Å². The third kappa shape index (κ3) is 3.72. The molecule has 1 heterocycles. The molecule has 1 aliphatic heterocycles. The van der Waals surface area contributed by atoms with E-state index in [1.165, 1.54) is 25.9 Å². The molecule has 1 aromatic rings. The Morgan fingerprint density at radius 3 is 2.47 bits per heavy atom. The molecule has 1 aromatic carbocycles. The zero-order valence-corrected chi connectivity index (χ0v) is 10.6. The molecule has 1 saturated heterocycles. The first-order valence-corrected chi connectivity index (χ1v) is 6.46. The van der Waals surface area contributed by atoms with Gasteiger partial charge in [-0.15, -0.1) is 0 Å². The summed E-state index contributed by atoms with van der Waals surface area (Å²) in [7, 11) is 0. The summed E-state index contributed by atoms with van der Waals surface area (Å²) in [4.78, 5) is 2.45. The van der Waals surface area contributed by atoms with Crippen molar-refractivity contribution in [2.75, 3.05) is 26.2 Å². The molecule has 17 heavy (non-hydrogen) atoms. The van der Waals surface area contributed by atoms with Crippen LogP contribution in [0.25, 0.3) is 0 Å². The summed E-state index contributed by atoms with van der Waals surface area (Å²) in [6, 6.07) is 8.17. The van der Waals surface area contributed by atoms with Gasteiger partial charge in [0.05, 0.1) is 0 Å². The molecule has 3 nitrogen and oxygen atoms in total. The van der Waals surface area contributed by atoms with Gasteiger partial charge in [0.1, 0.15) is 12.4 Å². The maximum absolute atomic E-state index is 5.80. The summed E-state index contributed by atoms with van der Waals surface area (Å²) in [5.74, 6) is 0.939. The molecular weight excluding hydrogens is 212 g/mol. The van der Waals surface area contributed by atoms with Crippen molar-refractivity contribution in [3.63, 3.8) is 0 Å². The molecule has 0 aromatic heterocycles. The maximum atomic E-state index is 5.80. The number of hydrogen-bond donors (Lipinski definition) is 1. The lowest BCUT2D eigenvalue weighted by molar-refractivity contribution is 0.237. The quantitative estimate of drug-likeness (QED) is 0.848. The van der Waals surface area contributed by atoms with Crippen molar-refractivity contribution in [2.24, 2.45) is 5.73 Å². The summed E-state index contributed by atoms with van der Waals surface area (Å²) in [5, 5.41) is 0. The Kier molecular flexibility index (Phi) is 4.40. The zero-order valence-electron chi connectivity index (χ0n) is 10.6. The Balaban J connectivity index is 1.74. The molecular formula is C14H22N2O. The molecule has 2 rings (SSSR count). The monoisotopic (exact) mass is 234 g/mol. The second kappa shape index (κ2) is 6.03. The molecule has 1 aliphatic rings. The lowest BCUT2D eigenvalue weighted by Crippen LogP contribution is -2.25. The Bertz CT molecular complexity index is 329. The van der Waals surface area contributed by atoms with E-state index in [4.69, 9.17) is 10.5 Å². The SMILES string of the molecule is CC(N)c1ccc(OCCN2CCCC2)cc1. The van der Waals surface area contributed by atoms with Gasteiger partial charge in [-0.25, -0.2) is 0 Å². The van der Waals surface area contributed by atoms with Crippen LogP contribution >= 0.6 is 0 Å². The minimum Gasteiger partial charge on any atom is -0.492 e. The minimum atomic E-state index is 0.0913. The standard InChI is InChI=1S/C14H22N2O/c1-12(15)13-4-6-14(7-5-13)17-11-10-16-8-2-3-9-16/h4-7,12H,2-3,8-11,15H2,1H3. The second-order valence-corrected chi connectivity index (χ2v) is 4.75. The van der Waals surface area contributed by atoms with E-state index in [9.17, 15) is 0 Å². The average molecular weight is 234 g/mol. The highest BCUT2D eigenvalue weighted by Crippen LogP contribution is 2.16. The van der Waals surface area contributed by atoms with Crippen LogP contribution in [0.15, 0.2) is 24.3 Å². The lowest BCUT2D eigenvalue weighted by Gasteiger charge is -2.15. The predicted octanol–water partition coefficient (Wildman–Crippen LogP) is 2.18. The fraction of sp³-hybridized carbons (Fsp3) is 0.571. The maximum Gasteiger partial charge on any atom is 0.119 e. The third-order valence-electron chi connectivity index (χ3n) is 3.28. The van der Waals surface area contributed by atoms with Gasteiger partial charge in [-0.2, -0.15) is 0 Å². The van der Waals surface area contributed by atoms with E-state index in [1.54, 1.807) is 0 Å². The first kappa shape index (κ1) is 12.4. The lowest BCUT2D eigenvalue weighted by atomic mass is 10.1. The summed E-state index contributed by atoms with van der Waals surface area (Å²) in [6.07, 6.45) is 2.67. The average Bonchev–Trinajstić information content (AvgIpc) is 2.83. The van der Waals surface area contributed by atoms with Crippen LogP contribution in [-0.2, 0) is 0 Å². The molecule has 0 bridgehead atoms. The Labute approximate surface area is 104 Å². The van der Waals surface area contributed by atoms with Gasteiger partial charge in [0, 0.05) is 12.6 Å². The first-order chi connectivity index (χ1) is 8.25. The van der Waals surface area contributed by atoms with E-state index in [0.717, 1.165) is 24.5 Å². The van der Waals surface area contributed by atoms with Gasteiger partial charge in [-0.05, 0) is 50.6 Å². The minimum absolute atomic E-state index is 0.0913. The van der Waals surface area contributed by atoms with Crippen LogP contribution in [0.1, 0.15) is 31.4 Å². The van der Waals surface area contributed by atoms with Crippen LogP contribution in [-0.4, -0.2) is 31.1 Å². The first-order valence-electron chi connectivity index (χ1n) is 6.46. The fourth-order valence-corrected chi connectivity index (χ4v) is 2.17. The van der Waals surface area contributed by atoms with Crippen LogP contribution in [0.3, 0.4) is 0 Å². The Morgan fingerprint density at radius 1 is 1.24 bits per heavy atom. The van der Waals surface area contributed by atoms with Crippen molar-refractivity contribution in [1.82, 2.24) is 4.90 Å². The van der Waals surface area contributed by atoms with Crippen LogP contribution in [0, 0.1) is 0 Å². The van der Waals surface area contributed by atoms with E-state index in [1.807, 2.05) is 31.2 Å². The van der Waals surface area contributed by atoms with Gasteiger partial charge in [0.15, 0.2) is 0 Å². The molecule has 0 spiro atoms. The van der Waals surface area contributed by atoms with Gasteiger partial charge in [0.2, 0.25) is 0 Å². The molecule has 1 atom stereocenters. The normalized spacial score (nSPS) is 18.2. The summed E-state index contributed by atoms with van der Waals surface area (Å²) >= 11 is 0. The number of rotatable bonds is 5. The van der Waals surface area contributed by atoms with Gasteiger partial charge in [0.25, 0.3) is 0 Å². The highest BCUT2D eigenvalue weighted by Gasteiger charge is 2.10. The van der Waals surface area contributed by atoms with E-state index >= 15 is 0 Å². The van der Waals surface area contributed by atoms with Crippen LogP contribution in [0.2, 0.25) is 0 Å². The molecule has 0 saturated carbocycles. The number of benzene rings is 1. The number of likely N-dealkylation sites (tertiary alicyclic amines) is 1. The van der Waals surface area contributed by atoms with Crippen LogP contribution in [0.4, 0.5) is 0 Å². The van der Waals surface area contributed by atoms with E-state index in [-0.39, 0.29) is 6.04 Å². The predicted molar refractivity (Wildman–Crippen MR) is 70.2 cm³/mol. The molecule has 94 valence electrons. The van der Waals surface area contributed by atoms with Crippen molar-refractivity contribution in [1.29, 1.82) is 0 Å². The molecule has 0 aliphatic carbocycles. The largest absolute Gasteiger partial charge is 0.492 e. The van der Waals surface area contributed by atoms with E-state index in [0.29, 0.717) is 0 Å². The smallest absolute Gasteiger partial charge is 0.119 e. The Hall–Kier alpha value is -1.06. The van der Waals surface area contributed by atoms with Gasteiger partial charge < -0.3 is 10.5 Å². The van der Waals surface area contributed by atoms with Crippen LogP contribution < -0.4 is 10.5 Å². The third-order valence-corrected chi connectivity index (χ3v) is 3.28. The van der Waals surface area contributed by atoms with Crippen LogP contribution in [0.5, 0.6) is 5.75 Å². The zero-order chi connectivity index (χ0) is 12.1. The summed E-state index contributed by atoms with van der Waals surface area (Å²) in [6.45, 7) is 6.26. The number of nitrogens with two attached hydrogens (primary N) is 1. The molecule has 0 amide bonds. The van der Waals surface area contributed by atoms with Crippen molar-refractivity contribution in [2.45, 2.75) is 25.8 Å². The summed E-state index contributed by atoms with van der Waals surface area (Å²) in [5.41, 5.74) is 6.95. The van der Waals surface area contributed by atoms with Crippen molar-refractivity contribution < 1.29 is 4.74 Å². The van der Waals surface area contributed by atoms with Crippen molar-refractivity contribution >= 4 is 0 Å². The molecule has 2 N–H and O–H groups in total. The van der Waals surface area contributed by atoms with Gasteiger partial charge >= 0.3 is 0 Å². The number of ether oxygens (including phenoxy) is 1. The highest BCUT2D eigenvalue weighted by molar-refractivity contribution is 5.28. The van der Waals surface area contributed by atoms with Gasteiger partial charge in [-0.1, -0.05) is 12.1 Å². The Morgan fingerprint density at radius 2 is 1.88 bits per heavy atom. The number of hydrogen-bond acceptors (Lipinski definition) is 3. The van der Waals surface area contributed by atoms with E-state index < -0.39 is 0 Å². The summed E-state index contributed by atoms with van der Waals surface area (Å²) < 4.78 is 5.72. The topological polar surface area (TPSA) is 38.5 Å². The molecule has 3 heteroatoms. The second-order valence-electron chi connectivity index (χ2n) is 4.75.